The average molecular weight is 426 g/mol. The van der Waals surface area contributed by atoms with Crippen LogP contribution in [0.3, 0.4) is 0 Å². The van der Waals surface area contributed by atoms with Crippen LogP contribution in [0.25, 0.3) is 16.6 Å². The van der Waals surface area contributed by atoms with Crippen LogP contribution in [-0.2, 0) is 19.4 Å². The van der Waals surface area contributed by atoms with E-state index in [4.69, 9.17) is 16.6 Å². The van der Waals surface area contributed by atoms with Gasteiger partial charge >= 0.3 is 0 Å². The summed E-state index contributed by atoms with van der Waals surface area (Å²) in [4.78, 5) is 7.39. The third kappa shape index (κ3) is 3.22. The lowest BCUT2D eigenvalue weighted by Crippen LogP contribution is -2.32. The molecule has 3 aromatic carbocycles. The number of halogens is 1. The van der Waals surface area contributed by atoms with Crippen molar-refractivity contribution in [2.45, 2.75) is 19.4 Å². The predicted molar refractivity (Wildman–Crippen MR) is 124 cm³/mol. The number of aromatic nitrogens is 4. The molecule has 31 heavy (non-hydrogen) atoms. The number of anilines is 1. The number of rotatable bonds is 3. The molecule has 1 aliphatic heterocycles. The van der Waals surface area contributed by atoms with Crippen molar-refractivity contribution in [1.82, 2.24) is 19.6 Å². The highest BCUT2D eigenvalue weighted by atomic mass is 35.5. The number of hydrogen-bond acceptors (Lipinski definition) is 4. The monoisotopic (exact) mass is 425 g/mol. The van der Waals surface area contributed by atoms with Gasteiger partial charge in [-0.1, -0.05) is 66.2 Å². The summed E-state index contributed by atoms with van der Waals surface area (Å²) in [6, 6.07) is 24.8. The largest absolute Gasteiger partial charge is 0.337 e. The lowest BCUT2D eigenvalue weighted by molar-refractivity contribution is 0.699. The molecular formula is C25H20ClN5. The van der Waals surface area contributed by atoms with E-state index in [1.807, 2.05) is 24.3 Å². The minimum absolute atomic E-state index is 0.670. The molecular weight excluding hydrogens is 406 g/mol. The summed E-state index contributed by atoms with van der Waals surface area (Å²) in [5.74, 6) is 1.76. The average Bonchev–Trinajstić information content (AvgIpc) is 3.22. The first kappa shape index (κ1) is 18.3. The standard InChI is InChI=1S/C25H20ClN5/c26-20-10-11-21-22(15-20)27-25(30-13-12-18-8-4-5-9-19(18)16-30)31-23(28-29-24(21)31)14-17-6-2-1-3-7-17/h1-11,15H,12-14,16H2. The molecule has 0 saturated carbocycles. The third-order valence-corrected chi connectivity index (χ3v) is 6.20. The Labute approximate surface area is 184 Å². The molecule has 152 valence electrons. The molecule has 6 rings (SSSR count). The van der Waals surface area contributed by atoms with Crippen molar-refractivity contribution >= 4 is 34.1 Å². The maximum atomic E-state index is 6.29. The van der Waals surface area contributed by atoms with E-state index in [0.29, 0.717) is 11.4 Å². The minimum Gasteiger partial charge on any atom is -0.337 e. The van der Waals surface area contributed by atoms with Gasteiger partial charge in [0.25, 0.3) is 0 Å². The van der Waals surface area contributed by atoms with Gasteiger partial charge in [-0.05, 0) is 41.3 Å². The Morgan fingerprint density at radius 3 is 2.55 bits per heavy atom. The third-order valence-electron chi connectivity index (χ3n) is 5.97. The normalized spacial score (nSPS) is 13.6. The first-order chi connectivity index (χ1) is 15.3. The smallest absolute Gasteiger partial charge is 0.213 e. The molecule has 3 heterocycles. The van der Waals surface area contributed by atoms with E-state index in [1.54, 1.807) is 0 Å². The van der Waals surface area contributed by atoms with Crippen LogP contribution in [0.1, 0.15) is 22.5 Å². The van der Waals surface area contributed by atoms with Crippen molar-refractivity contribution in [3.63, 3.8) is 0 Å². The van der Waals surface area contributed by atoms with Gasteiger partial charge in [-0.25, -0.2) is 9.38 Å². The van der Waals surface area contributed by atoms with Crippen molar-refractivity contribution < 1.29 is 0 Å². The van der Waals surface area contributed by atoms with Gasteiger partial charge in [-0.15, -0.1) is 10.2 Å². The number of fused-ring (bicyclic) bond motifs is 4. The van der Waals surface area contributed by atoms with Crippen LogP contribution < -0.4 is 4.90 Å². The number of hydrogen-bond donors (Lipinski definition) is 0. The second kappa shape index (κ2) is 7.36. The first-order valence-corrected chi connectivity index (χ1v) is 10.8. The van der Waals surface area contributed by atoms with Crippen LogP contribution in [0.15, 0.2) is 72.8 Å². The van der Waals surface area contributed by atoms with Crippen molar-refractivity contribution in [2.24, 2.45) is 0 Å². The zero-order chi connectivity index (χ0) is 20.8. The molecule has 0 N–H and O–H groups in total. The fourth-order valence-corrected chi connectivity index (χ4v) is 4.58. The summed E-state index contributed by atoms with van der Waals surface area (Å²) in [5, 5.41) is 10.8. The molecule has 0 fully saturated rings. The second-order valence-electron chi connectivity index (χ2n) is 7.95. The van der Waals surface area contributed by atoms with E-state index in [9.17, 15) is 0 Å². The van der Waals surface area contributed by atoms with Gasteiger partial charge in [0.2, 0.25) is 5.95 Å². The maximum Gasteiger partial charge on any atom is 0.213 e. The van der Waals surface area contributed by atoms with Gasteiger partial charge < -0.3 is 4.90 Å². The van der Waals surface area contributed by atoms with E-state index in [-0.39, 0.29) is 0 Å². The summed E-state index contributed by atoms with van der Waals surface area (Å²) in [6.45, 7) is 1.71. The van der Waals surface area contributed by atoms with E-state index in [0.717, 1.165) is 47.8 Å². The Kier molecular flexibility index (Phi) is 4.35. The molecule has 6 heteroatoms. The van der Waals surface area contributed by atoms with Crippen LogP contribution in [0.5, 0.6) is 0 Å². The molecule has 0 radical (unpaired) electrons. The van der Waals surface area contributed by atoms with E-state index >= 15 is 0 Å². The van der Waals surface area contributed by atoms with Crippen LogP contribution in [-0.4, -0.2) is 26.1 Å². The number of benzene rings is 3. The fourth-order valence-electron chi connectivity index (χ4n) is 4.42. The van der Waals surface area contributed by atoms with Gasteiger partial charge in [0.1, 0.15) is 5.82 Å². The summed E-state index contributed by atoms with van der Waals surface area (Å²) in [7, 11) is 0. The Morgan fingerprint density at radius 2 is 1.68 bits per heavy atom. The van der Waals surface area contributed by atoms with Crippen molar-refractivity contribution in [1.29, 1.82) is 0 Å². The molecule has 1 aliphatic rings. The molecule has 0 amide bonds. The Balaban J connectivity index is 1.55. The second-order valence-corrected chi connectivity index (χ2v) is 8.39. The molecule has 2 aromatic heterocycles. The van der Waals surface area contributed by atoms with Gasteiger partial charge in [-0.3, -0.25) is 0 Å². The highest BCUT2D eigenvalue weighted by Crippen LogP contribution is 2.30. The molecule has 0 unspecified atom stereocenters. The lowest BCUT2D eigenvalue weighted by atomic mass is 10.0. The van der Waals surface area contributed by atoms with Crippen molar-refractivity contribution in [3.05, 3.63) is 100 Å². The molecule has 0 saturated heterocycles. The van der Waals surface area contributed by atoms with Gasteiger partial charge in [0.05, 0.1) is 5.52 Å². The number of nitrogens with zero attached hydrogens (tertiary/aromatic N) is 5. The Bertz CT molecular complexity index is 1410. The van der Waals surface area contributed by atoms with Crippen LogP contribution >= 0.6 is 11.6 Å². The summed E-state index contributed by atoms with van der Waals surface area (Å²) in [6.07, 6.45) is 1.68. The highest BCUT2D eigenvalue weighted by molar-refractivity contribution is 6.31. The maximum absolute atomic E-state index is 6.29. The summed E-state index contributed by atoms with van der Waals surface area (Å²) in [5.41, 5.74) is 5.61. The van der Waals surface area contributed by atoms with Gasteiger partial charge in [0.15, 0.2) is 5.65 Å². The van der Waals surface area contributed by atoms with Crippen LogP contribution in [0, 0.1) is 0 Å². The zero-order valence-electron chi connectivity index (χ0n) is 16.9. The molecule has 0 spiro atoms. The molecule has 0 aliphatic carbocycles. The molecule has 5 nitrogen and oxygen atoms in total. The van der Waals surface area contributed by atoms with Crippen molar-refractivity contribution in [2.75, 3.05) is 11.4 Å². The predicted octanol–water partition coefficient (Wildman–Crippen LogP) is 5.08. The highest BCUT2D eigenvalue weighted by Gasteiger charge is 2.23. The summed E-state index contributed by atoms with van der Waals surface area (Å²) < 4.78 is 2.12. The minimum atomic E-state index is 0.670. The van der Waals surface area contributed by atoms with Gasteiger partial charge in [-0.2, -0.15) is 0 Å². The first-order valence-electron chi connectivity index (χ1n) is 10.5. The van der Waals surface area contributed by atoms with E-state index in [2.05, 4.69) is 68.0 Å². The Morgan fingerprint density at radius 1 is 0.871 bits per heavy atom. The fraction of sp³-hybridized carbons (Fsp3) is 0.160. The van der Waals surface area contributed by atoms with Crippen LogP contribution in [0.4, 0.5) is 5.95 Å². The summed E-state index contributed by atoms with van der Waals surface area (Å²) >= 11 is 6.29. The molecule has 0 atom stereocenters. The Hall–Kier alpha value is -3.44. The zero-order valence-corrected chi connectivity index (χ0v) is 17.6. The van der Waals surface area contributed by atoms with Crippen molar-refractivity contribution in [3.8, 4) is 0 Å². The molecule has 5 aromatic rings. The quantitative estimate of drug-likeness (QED) is 0.404. The van der Waals surface area contributed by atoms with E-state index in [1.165, 1.54) is 16.7 Å². The molecule has 0 bridgehead atoms. The SMILES string of the molecule is Clc1ccc2c(c1)nc(N1CCc3ccccc3C1)n1c(Cc3ccccc3)nnc21. The van der Waals surface area contributed by atoms with Gasteiger partial charge in [0, 0.05) is 29.9 Å². The lowest BCUT2D eigenvalue weighted by Gasteiger charge is -2.30. The van der Waals surface area contributed by atoms with E-state index < -0.39 is 0 Å². The van der Waals surface area contributed by atoms with Crippen LogP contribution in [0.2, 0.25) is 5.02 Å². The topological polar surface area (TPSA) is 46.3 Å².